The molecule has 0 saturated carbocycles. The Morgan fingerprint density at radius 2 is 1.92 bits per heavy atom. The molecule has 70 valence electrons. The van der Waals surface area contributed by atoms with Crippen LogP contribution in [0.25, 0.3) is 0 Å². The highest BCUT2D eigenvalue weighted by Crippen LogP contribution is 2.27. The molecule has 2 heterocycles. The predicted molar refractivity (Wildman–Crippen MR) is 51.2 cm³/mol. The molecule has 0 aromatic heterocycles. The van der Waals surface area contributed by atoms with Crippen molar-refractivity contribution in [3.8, 4) is 0 Å². The SMILES string of the molecule is CCC(C)N1CC2CNCC2C1. The van der Waals surface area contributed by atoms with E-state index < -0.39 is 0 Å². The van der Waals surface area contributed by atoms with Gasteiger partial charge >= 0.3 is 0 Å². The lowest BCUT2D eigenvalue weighted by Gasteiger charge is -2.23. The van der Waals surface area contributed by atoms with Crippen molar-refractivity contribution < 1.29 is 0 Å². The quantitative estimate of drug-likeness (QED) is 0.660. The van der Waals surface area contributed by atoms with Crippen LogP contribution in [-0.4, -0.2) is 37.1 Å². The van der Waals surface area contributed by atoms with Crippen molar-refractivity contribution in [3.63, 3.8) is 0 Å². The molecule has 0 amide bonds. The third-order valence-corrected chi connectivity index (χ3v) is 3.63. The van der Waals surface area contributed by atoms with Crippen molar-refractivity contribution in [3.05, 3.63) is 0 Å². The lowest BCUT2D eigenvalue weighted by atomic mass is 10.0. The third kappa shape index (κ3) is 1.38. The van der Waals surface area contributed by atoms with Gasteiger partial charge < -0.3 is 10.2 Å². The van der Waals surface area contributed by atoms with Gasteiger partial charge in [-0.15, -0.1) is 0 Å². The summed E-state index contributed by atoms with van der Waals surface area (Å²) in [6.45, 7) is 9.85. The number of hydrogen-bond acceptors (Lipinski definition) is 2. The van der Waals surface area contributed by atoms with Gasteiger partial charge in [-0.2, -0.15) is 0 Å². The smallest absolute Gasteiger partial charge is 0.00645 e. The summed E-state index contributed by atoms with van der Waals surface area (Å²) in [6, 6.07) is 0.801. The van der Waals surface area contributed by atoms with E-state index in [0.29, 0.717) is 0 Å². The fraction of sp³-hybridized carbons (Fsp3) is 1.00. The molecule has 2 saturated heterocycles. The van der Waals surface area contributed by atoms with Crippen LogP contribution in [0.2, 0.25) is 0 Å². The normalized spacial score (nSPS) is 38.5. The Labute approximate surface area is 75.3 Å². The zero-order valence-electron chi connectivity index (χ0n) is 8.21. The minimum atomic E-state index is 0.801. The maximum Gasteiger partial charge on any atom is 0.00645 e. The van der Waals surface area contributed by atoms with Gasteiger partial charge in [-0.25, -0.2) is 0 Å². The minimum absolute atomic E-state index is 0.801. The monoisotopic (exact) mass is 168 g/mol. The second kappa shape index (κ2) is 3.35. The number of nitrogens with one attached hydrogen (secondary N) is 1. The Morgan fingerprint density at radius 3 is 2.42 bits per heavy atom. The summed E-state index contributed by atoms with van der Waals surface area (Å²) < 4.78 is 0. The van der Waals surface area contributed by atoms with Gasteiger partial charge in [0.25, 0.3) is 0 Å². The summed E-state index contributed by atoms with van der Waals surface area (Å²) in [5.41, 5.74) is 0. The summed E-state index contributed by atoms with van der Waals surface area (Å²) in [5.74, 6) is 1.91. The van der Waals surface area contributed by atoms with E-state index in [0.717, 1.165) is 17.9 Å². The van der Waals surface area contributed by atoms with E-state index in [2.05, 4.69) is 24.1 Å². The molecule has 0 radical (unpaired) electrons. The molecule has 2 nitrogen and oxygen atoms in total. The van der Waals surface area contributed by atoms with Crippen LogP contribution in [0.15, 0.2) is 0 Å². The number of fused-ring (bicyclic) bond motifs is 1. The van der Waals surface area contributed by atoms with Crippen LogP contribution in [0, 0.1) is 11.8 Å². The third-order valence-electron chi connectivity index (χ3n) is 3.63. The van der Waals surface area contributed by atoms with E-state index in [1.807, 2.05) is 0 Å². The van der Waals surface area contributed by atoms with Gasteiger partial charge in [-0.1, -0.05) is 6.92 Å². The van der Waals surface area contributed by atoms with Crippen molar-refractivity contribution in [1.82, 2.24) is 10.2 Å². The zero-order chi connectivity index (χ0) is 8.55. The largest absolute Gasteiger partial charge is 0.316 e. The average molecular weight is 168 g/mol. The van der Waals surface area contributed by atoms with E-state index in [-0.39, 0.29) is 0 Å². The zero-order valence-corrected chi connectivity index (χ0v) is 8.21. The fourth-order valence-electron chi connectivity index (χ4n) is 2.51. The average Bonchev–Trinajstić information content (AvgIpc) is 2.60. The molecule has 3 atom stereocenters. The minimum Gasteiger partial charge on any atom is -0.316 e. The number of likely N-dealkylation sites (tertiary alicyclic amines) is 1. The van der Waals surface area contributed by atoms with Crippen LogP contribution in [0.1, 0.15) is 20.3 Å². The Morgan fingerprint density at radius 1 is 1.33 bits per heavy atom. The molecule has 0 spiro atoms. The molecule has 2 aliphatic rings. The van der Waals surface area contributed by atoms with Gasteiger partial charge in [0.2, 0.25) is 0 Å². The van der Waals surface area contributed by atoms with E-state index >= 15 is 0 Å². The second-order valence-electron chi connectivity index (χ2n) is 4.39. The van der Waals surface area contributed by atoms with Gasteiger partial charge in [0.15, 0.2) is 0 Å². The van der Waals surface area contributed by atoms with Gasteiger partial charge in [0, 0.05) is 19.1 Å². The summed E-state index contributed by atoms with van der Waals surface area (Å²) in [4.78, 5) is 2.66. The first-order valence-corrected chi connectivity index (χ1v) is 5.26. The number of nitrogens with zero attached hydrogens (tertiary/aromatic N) is 1. The second-order valence-corrected chi connectivity index (χ2v) is 4.39. The Kier molecular flexibility index (Phi) is 2.37. The lowest BCUT2D eigenvalue weighted by Crippen LogP contribution is -2.33. The molecule has 1 N–H and O–H groups in total. The maximum atomic E-state index is 3.48. The van der Waals surface area contributed by atoms with Crippen molar-refractivity contribution in [2.75, 3.05) is 26.2 Å². The molecule has 2 aliphatic heterocycles. The molecule has 2 heteroatoms. The molecule has 0 aliphatic carbocycles. The number of rotatable bonds is 2. The first kappa shape index (κ1) is 8.52. The highest BCUT2D eigenvalue weighted by molar-refractivity contribution is 4.92. The topological polar surface area (TPSA) is 15.3 Å². The molecule has 3 unspecified atom stereocenters. The summed E-state index contributed by atoms with van der Waals surface area (Å²) >= 11 is 0. The Balaban J connectivity index is 1.90. The molecule has 2 fully saturated rings. The molecular formula is C10H20N2. The van der Waals surface area contributed by atoms with Gasteiger partial charge in [0.05, 0.1) is 0 Å². The predicted octanol–water partition coefficient (Wildman–Crippen LogP) is 0.936. The molecule has 0 aromatic rings. The standard InChI is InChI=1S/C10H20N2/c1-3-8(2)12-6-9-4-11-5-10(9)7-12/h8-11H,3-7H2,1-2H3. The first-order valence-electron chi connectivity index (χ1n) is 5.26. The van der Waals surface area contributed by atoms with Gasteiger partial charge in [-0.05, 0) is 38.3 Å². The van der Waals surface area contributed by atoms with Crippen molar-refractivity contribution >= 4 is 0 Å². The molecule has 12 heavy (non-hydrogen) atoms. The van der Waals surface area contributed by atoms with Crippen molar-refractivity contribution in [1.29, 1.82) is 0 Å². The summed E-state index contributed by atoms with van der Waals surface area (Å²) in [7, 11) is 0. The molecule has 2 rings (SSSR count). The highest BCUT2D eigenvalue weighted by Gasteiger charge is 2.37. The van der Waals surface area contributed by atoms with Crippen LogP contribution in [-0.2, 0) is 0 Å². The van der Waals surface area contributed by atoms with Gasteiger partial charge in [0.1, 0.15) is 0 Å². The highest BCUT2D eigenvalue weighted by atomic mass is 15.2. The van der Waals surface area contributed by atoms with E-state index in [1.165, 1.54) is 32.6 Å². The first-order chi connectivity index (χ1) is 5.81. The molecule has 0 bridgehead atoms. The van der Waals surface area contributed by atoms with E-state index in [9.17, 15) is 0 Å². The van der Waals surface area contributed by atoms with E-state index in [1.54, 1.807) is 0 Å². The lowest BCUT2D eigenvalue weighted by molar-refractivity contribution is 0.235. The Hall–Kier alpha value is -0.0800. The van der Waals surface area contributed by atoms with Crippen LogP contribution in [0.3, 0.4) is 0 Å². The molecule has 0 aromatic carbocycles. The van der Waals surface area contributed by atoms with Crippen molar-refractivity contribution in [2.45, 2.75) is 26.3 Å². The van der Waals surface area contributed by atoms with Crippen LogP contribution >= 0.6 is 0 Å². The maximum absolute atomic E-state index is 3.48. The van der Waals surface area contributed by atoms with E-state index in [4.69, 9.17) is 0 Å². The van der Waals surface area contributed by atoms with Crippen LogP contribution in [0.4, 0.5) is 0 Å². The number of hydrogen-bond donors (Lipinski definition) is 1. The molecular weight excluding hydrogens is 148 g/mol. The summed E-state index contributed by atoms with van der Waals surface area (Å²) in [5, 5.41) is 3.48. The summed E-state index contributed by atoms with van der Waals surface area (Å²) in [6.07, 6.45) is 1.30. The van der Waals surface area contributed by atoms with Crippen molar-refractivity contribution in [2.24, 2.45) is 11.8 Å². The van der Waals surface area contributed by atoms with Crippen LogP contribution in [0.5, 0.6) is 0 Å². The van der Waals surface area contributed by atoms with Crippen LogP contribution < -0.4 is 5.32 Å². The fourth-order valence-corrected chi connectivity index (χ4v) is 2.51. The Bertz CT molecular complexity index is 146. The van der Waals surface area contributed by atoms with Gasteiger partial charge in [-0.3, -0.25) is 0 Å².